The first kappa shape index (κ1) is 15.2. The minimum absolute atomic E-state index is 0.138. The molecule has 4 N–H and O–H groups in total. The predicted octanol–water partition coefficient (Wildman–Crippen LogP) is 1.38. The monoisotopic (exact) mass is 302 g/mol. The summed E-state index contributed by atoms with van der Waals surface area (Å²) in [5.41, 5.74) is 5.42. The van der Waals surface area contributed by atoms with Crippen molar-refractivity contribution in [3.05, 3.63) is 24.0 Å². The Bertz CT molecular complexity index is 557. The molecule has 5 nitrogen and oxygen atoms in total. The molecule has 0 radical (unpaired) electrons. The molecule has 0 aromatic heterocycles. The maximum absolute atomic E-state index is 13.7. The van der Waals surface area contributed by atoms with Crippen molar-refractivity contribution in [3.8, 4) is 0 Å². The van der Waals surface area contributed by atoms with Gasteiger partial charge in [0.05, 0.1) is 11.8 Å². The number of aliphatic hydroxyl groups is 1. The summed E-state index contributed by atoms with van der Waals surface area (Å²) in [7, 11) is -4.08. The molecule has 0 bridgehead atoms. The third-order valence-corrected chi connectivity index (χ3v) is 5.13. The van der Waals surface area contributed by atoms with Crippen LogP contribution in [0.4, 0.5) is 10.1 Å². The van der Waals surface area contributed by atoms with E-state index in [0.29, 0.717) is 12.8 Å². The van der Waals surface area contributed by atoms with Crippen molar-refractivity contribution in [2.45, 2.75) is 49.1 Å². The third-order valence-electron chi connectivity index (χ3n) is 3.55. The average molecular weight is 302 g/mol. The lowest BCUT2D eigenvalue weighted by atomic mass is 10.1. The molecule has 0 heterocycles. The van der Waals surface area contributed by atoms with Gasteiger partial charge in [0, 0.05) is 6.04 Å². The number of nitrogens with two attached hydrogens (primary N) is 1. The number of hydrogen-bond donors (Lipinski definition) is 3. The van der Waals surface area contributed by atoms with Gasteiger partial charge in [-0.1, -0.05) is 25.3 Å². The second-order valence-electron chi connectivity index (χ2n) is 5.09. The van der Waals surface area contributed by atoms with E-state index >= 15 is 0 Å². The molecule has 1 saturated carbocycles. The molecular formula is C13H19FN2O3S. The van der Waals surface area contributed by atoms with Crippen LogP contribution in [0.3, 0.4) is 0 Å². The molecule has 1 fully saturated rings. The van der Waals surface area contributed by atoms with Gasteiger partial charge in [0.25, 0.3) is 0 Å². The van der Waals surface area contributed by atoms with Gasteiger partial charge < -0.3 is 10.8 Å². The first-order valence-electron chi connectivity index (χ1n) is 6.66. The highest BCUT2D eigenvalue weighted by atomic mass is 32.2. The number of nitrogens with one attached hydrogen (secondary N) is 1. The number of rotatable bonds is 3. The van der Waals surface area contributed by atoms with Crippen molar-refractivity contribution in [2.24, 2.45) is 0 Å². The van der Waals surface area contributed by atoms with Gasteiger partial charge >= 0.3 is 0 Å². The summed E-state index contributed by atoms with van der Waals surface area (Å²) in [4.78, 5) is -0.545. The zero-order valence-corrected chi connectivity index (χ0v) is 11.9. The topological polar surface area (TPSA) is 92.4 Å². The van der Waals surface area contributed by atoms with Gasteiger partial charge in [-0.25, -0.2) is 17.5 Å². The van der Waals surface area contributed by atoms with E-state index in [0.717, 1.165) is 25.3 Å². The summed E-state index contributed by atoms with van der Waals surface area (Å²) in [5.74, 6) is -0.888. The van der Waals surface area contributed by atoms with Crippen molar-refractivity contribution >= 4 is 15.7 Å². The fourth-order valence-corrected chi connectivity index (χ4v) is 3.99. The molecule has 2 atom stereocenters. The SMILES string of the molecule is Nc1cccc(F)c1S(=O)(=O)NC1CCCCCC1O. The van der Waals surface area contributed by atoms with E-state index in [9.17, 15) is 17.9 Å². The fourth-order valence-electron chi connectivity index (χ4n) is 2.49. The minimum Gasteiger partial charge on any atom is -0.398 e. The summed E-state index contributed by atoms with van der Waals surface area (Å²) < 4.78 is 40.6. The molecule has 0 aliphatic heterocycles. The molecule has 0 spiro atoms. The van der Waals surface area contributed by atoms with Crippen LogP contribution in [0.2, 0.25) is 0 Å². The van der Waals surface area contributed by atoms with E-state index in [-0.39, 0.29) is 5.69 Å². The van der Waals surface area contributed by atoms with Gasteiger partial charge in [0.1, 0.15) is 10.7 Å². The Morgan fingerprint density at radius 2 is 1.95 bits per heavy atom. The molecule has 1 aromatic rings. The molecule has 0 saturated heterocycles. The molecule has 1 aliphatic rings. The molecule has 1 aromatic carbocycles. The van der Waals surface area contributed by atoms with Gasteiger partial charge in [-0.05, 0) is 25.0 Å². The van der Waals surface area contributed by atoms with E-state index < -0.39 is 32.9 Å². The van der Waals surface area contributed by atoms with Crippen molar-refractivity contribution in [3.63, 3.8) is 0 Å². The van der Waals surface area contributed by atoms with Crippen LogP contribution >= 0.6 is 0 Å². The lowest BCUT2D eigenvalue weighted by Gasteiger charge is -2.22. The van der Waals surface area contributed by atoms with Gasteiger partial charge in [-0.15, -0.1) is 0 Å². The van der Waals surface area contributed by atoms with Crippen molar-refractivity contribution in [1.82, 2.24) is 4.72 Å². The highest BCUT2D eigenvalue weighted by Gasteiger charge is 2.29. The van der Waals surface area contributed by atoms with E-state index in [4.69, 9.17) is 5.73 Å². The normalized spacial score (nSPS) is 24.3. The van der Waals surface area contributed by atoms with E-state index in [1.807, 2.05) is 0 Å². The number of benzene rings is 1. The summed E-state index contributed by atoms with van der Waals surface area (Å²) in [5, 5.41) is 9.95. The Morgan fingerprint density at radius 1 is 1.25 bits per heavy atom. The lowest BCUT2D eigenvalue weighted by molar-refractivity contribution is 0.130. The highest BCUT2D eigenvalue weighted by molar-refractivity contribution is 7.89. The molecule has 2 rings (SSSR count). The molecule has 20 heavy (non-hydrogen) atoms. The van der Waals surface area contributed by atoms with Crippen LogP contribution in [-0.2, 0) is 10.0 Å². The van der Waals surface area contributed by atoms with Gasteiger partial charge in [0.15, 0.2) is 0 Å². The third kappa shape index (κ3) is 3.28. The summed E-state index contributed by atoms with van der Waals surface area (Å²) >= 11 is 0. The summed E-state index contributed by atoms with van der Waals surface area (Å²) in [6.07, 6.45) is 2.98. The smallest absolute Gasteiger partial charge is 0.245 e. The number of aliphatic hydroxyl groups excluding tert-OH is 1. The van der Waals surface area contributed by atoms with Crippen LogP contribution in [0.5, 0.6) is 0 Å². The van der Waals surface area contributed by atoms with Gasteiger partial charge in [0.2, 0.25) is 10.0 Å². The number of halogens is 1. The lowest BCUT2D eigenvalue weighted by Crippen LogP contribution is -2.43. The molecule has 2 unspecified atom stereocenters. The first-order chi connectivity index (χ1) is 9.42. The zero-order valence-electron chi connectivity index (χ0n) is 11.0. The Kier molecular flexibility index (Phi) is 4.62. The Balaban J connectivity index is 2.26. The molecule has 112 valence electrons. The molecule has 1 aliphatic carbocycles. The van der Waals surface area contributed by atoms with Crippen LogP contribution in [0.1, 0.15) is 32.1 Å². The van der Waals surface area contributed by atoms with Crippen LogP contribution in [0.15, 0.2) is 23.1 Å². The maximum atomic E-state index is 13.7. The Hall–Kier alpha value is -1.18. The van der Waals surface area contributed by atoms with E-state index in [1.54, 1.807) is 0 Å². The number of sulfonamides is 1. The van der Waals surface area contributed by atoms with Crippen LogP contribution < -0.4 is 10.5 Å². The largest absolute Gasteiger partial charge is 0.398 e. The number of hydrogen-bond acceptors (Lipinski definition) is 4. The van der Waals surface area contributed by atoms with E-state index in [2.05, 4.69) is 4.72 Å². The van der Waals surface area contributed by atoms with Gasteiger partial charge in [-0.2, -0.15) is 0 Å². The first-order valence-corrected chi connectivity index (χ1v) is 8.14. The number of anilines is 1. The van der Waals surface area contributed by atoms with Crippen molar-refractivity contribution < 1.29 is 17.9 Å². The van der Waals surface area contributed by atoms with Crippen LogP contribution in [-0.4, -0.2) is 25.7 Å². The maximum Gasteiger partial charge on any atom is 0.245 e. The highest BCUT2D eigenvalue weighted by Crippen LogP contribution is 2.24. The van der Waals surface area contributed by atoms with Crippen LogP contribution in [0.25, 0.3) is 0 Å². The van der Waals surface area contributed by atoms with E-state index in [1.165, 1.54) is 12.1 Å². The number of nitrogen functional groups attached to an aromatic ring is 1. The quantitative estimate of drug-likeness (QED) is 0.581. The Morgan fingerprint density at radius 3 is 2.65 bits per heavy atom. The molecule has 0 amide bonds. The zero-order chi connectivity index (χ0) is 14.8. The summed E-state index contributed by atoms with van der Waals surface area (Å²) in [6, 6.07) is 3.14. The molecule has 7 heteroatoms. The van der Waals surface area contributed by atoms with Gasteiger partial charge in [-0.3, -0.25) is 0 Å². The summed E-state index contributed by atoms with van der Waals surface area (Å²) in [6.45, 7) is 0. The predicted molar refractivity (Wildman–Crippen MR) is 74.0 cm³/mol. The van der Waals surface area contributed by atoms with Crippen molar-refractivity contribution in [2.75, 3.05) is 5.73 Å². The second-order valence-corrected chi connectivity index (χ2v) is 6.74. The van der Waals surface area contributed by atoms with Crippen LogP contribution in [0, 0.1) is 5.82 Å². The standard InChI is InChI=1S/C13H19FN2O3S/c14-9-5-4-6-10(15)13(9)20(18,19)16-11-7-2-1-3-8-12(11)17/h4-6,11-12,16-17H,1-3,7-8,15H2. The second kappa shape index (κ2) is 6.07. The minimum atomic E-state index is -4.08. The van der Waals surface area contributed by atoms with Crippen molar-refractivity contribution in [1.29, 1.82) is 0 Å². The molecular weight excluding hydrogens is 283 g/mol. The Labute approximate surface area is 118 Å². The average Bonchev–Trinajstić information content (AvgIpc) is 2.54. The fraction of sp³-hybridized carbons (Fsp3) is 0.538.